The first-order valence-electron chi connectivity index (χ1n) is 5.13. The highest BCUT2D eigenvalue weighted by Crippen LogP contribution is 2.27. The molecule has 0 amide bonds. The van der Waals surface area contributed by atoms with Gasteiger partial charge in [0.25, 0.3) is 0 Å². The number of hydrogen-bond acceptors (Lipinski definition) is 4. The van der Waals surface area contributed by atoms with Gasteiger partial charge in [0, 0.05) is 17.8 Å². The number of benzene rings is 1. The topological polar surface area (TPSA) is 56.0 Å². The maximum Gasteiger partial charge on any atom is 0.170 e. The van der Waals surface area contributed by atoms with Crippen molar-refractivity contribution in [2.24, 2.45) is 0 Å². The Hall–Kier alpha value is -2.49. The lowest BCUT2D eigenvalue weighted by Gasteiger charge is -1.97. The molecule has 0 N–H and O–H groups in total. The summed E-state index contributed by atoms with van der Waals surface area (Å²) in [6.45, 7) is 0. The summed E-state index contributed by atoms with van der Waals surface area (Å²) in [5, 5.41) is 0.977. The Bertz CT molecular complexity index is 655. The zero-order valence-electron chi connectivity index (χ0n) is 8.83. The highest BCUT2D eigenvalue weighted by molar-refractivity contribution is 5.86. The molecule has 0 saturated heterocycles. The van der Waals surface area contributed by atoms with Crippen LogP contribution in [0.2, 0.25) is 0 Å². The van der Waals surface area contributed by atoms with Crippen LogP contribution in [0.5, 0.6) is 0 Å². The molecule has 0 fully saturated rings. The number of hydrogen-bond donors (Lipinski definition) is 0. The number of aromatic nitrogens is 2. The molecule has 2 heterocycles. The first kappa shape index (κ1) is 9.72. The van der Waals surface area contributed by atoms with Gasteiger partial charge in [-0.05, 0) is 12.1 Å². The standard InChI is InChI=1S/C13H8N2O2/c16-8-10-13(15-6-5-14-10)12-7-9-3-1-2-4-11(9)17-12/h1-8H. The SMILES string of the molecule is O=Cc1nccnc1-c1cc2ccccc2o1. The van der Waals surface area contributed by atoms with E-state index in [1.165, 1.54) is 12.4 Å². The summed E-state index contributed by atoms with van der Waals surface area (Å²) >= 11 is 0. The minimum absolute atomic E-state index is 0.284. The van der Waals surface area contributed by atoms with Gasteiger partial charge in [0.15, 0.2) is 12.0 Å². The minimum Gasteiger partial charge on any atom is -0.454 e. The molecule has 17 heavy (non-hydrogen) atoms. The molecule has 1 aromatic carbocycles. The molecule has 3 aromatic rings. The van der Waals surface area contributed by atoms with Gasteiger partial charge in [-0.3, -0.25) is 4.79 Å². The van der Waals surface area contributed by atoms with E-state index in [-0.39, 0.29) is 5.69 Å². The number of furan rings is 1. The number of carbonyl (C=O) groups is 1. The monoisotopic (exact) mass is 224 g/mol. The van der Waals surface area contributed by atoms with Crippen molar-refractivity contribution in [1.82, 2.24) is 9.97 Å². The van der Waals surface area contributed by atoms with Crippen LogP contribution in [0.1, 0.15) is 10.5 Å². The normalized spacial score (nSPS) is 10.6. The molecular formula is C13H8N2O2. The lowest BCUT2D eigenvalue weighted by atomic mass is 10.2. The summed E-state index contributed by atoms with van der Waals surface area (Å²) in [6, 6.07) is 9.49. The fourth-order valence-corrected chi connectivity index (χ4v) is 1.72. The van der Waals surface area contributed by atoms with Gasteiger partial charge < -0.3 is 4.42 Å². The van der Waals surface area contributed by atoms with Gasteiger partial charge in [0.05, 0.1) is 0 Å². The van der Waals surface area contributed by atoms with Crippen LogP contribution in [0.15, 0.2) is 47.1 Å². The molecule has 0 unspecified atom stereocenters. The summed E-state index contributed by atoms with van der Waals surface area (Å²) in [4.78, 5) is 19.0. The number of aldehydes is 1. The number of carbonyl (C=O) groups excluding carboxylic acids is 1. The summed E-state index contributed by atoms with van der Waals surface area (Å²) in [7, 11) is 0. The van der Waals surface area contributed by atoms with E-state index in [0.29, 0.717) is 17.7 Å². The number of fused-ring (bicyclic) bond motifs is 1. The lowest BCUT2D eigenvalue weighted by molar-refractivity contribution is 0.111. The Kier molecular flexibility index (Phi) is 2.19. The van der Waals surface area contributed by atoms with Gasteiger partial charge in [0.1, 0.15) is 17.0 Å². The second kappa shape index (κ2) is 3.83. The van der Waals surface area contributed by atoms with Gasteiger partial charge in [0.2, 0.25) is 0 Å². The van der Waals surface area contributed by atoms with Crippen LogP contribution in [0, 0.1) is 0 Å². The van der Waals surface area contributed by atoms with E-state index < -0.39 is 0 Å². The molecule has 0 spiro atoms. The van der Waals surface area contributed by atoms with E-state index in [1.54, 1.807) is 0 Å². The number of para-hydroxylation sites is 1. The molecule has 0 saturated carbocycles. The van der Waals surface area contributed by atoms with Crippen molar-refractivity contribution in [2.45, 2.75) is 0 Å². The summed E-state index contributed by atoms with van der Waals surface area (Å²) in [5.74, 6) is 0.557. The van der Waals surface area contributed by atoms with Crippen molar-refractivity contribution in [3.63, 3.8) is 0 Å². The second-order valence-electron chi connectivity index (χ2n) is 3.56. The molecule has 0 atom stereocenters. The predicted molar refractivity (Wildman–Crippen MR) is 62.6 cm³/mol. The Morgan fingerprint density at radius 3 is 2.76 bits per heavy atom. The zero-order chi connectivity index (χ0) is 11.7. The molecule has 0 aliphatic heterocycles. The molecule has 2 aromatic heterocycles. The maximum absolute atomic E-state index is 10.9. The van der Waals surface area contributed by atoms with E-state index in [0.717, 1.165) is 11.0 Å². The van der Waals surface area contributed by atoms with Crippen molar-refractivity contribution in [3.05, 3.63) is 48.4 Å². The molecule has 0 aliphatic carbocycles. The molecule has 0 bridgehead atoms. The van der Waals surface area contributed by atoms with E-state index >= 15 is 0 Å². The third-order valence-corrected chi connectivity index (χ3v) is 2.50. The number of rotatable bonds is 2. The Balaban J connectivity index is 2.23. The predicted octanol–water partition coefficient (Wildman–Crippen LogP) is 2.70. The second-order valence-corrected chi connectivity index (χ2v) is 3.56. The molecule has 0 aliphatic rings. The Morgan fingerprint density at radius 2 is 1.94 bits per heavy atom. The van der Waals surface area contributed by atoms with Crippen LogP contribution >= 0.6 is 0 Å². The van der Waals surface area contributed by atoms with Gasteiger partial charge in [-0.2, -0.15) is 0 Å². The molecule has 4 heteroatoms. The average molecular weight is 224 g/mol. The molecule has 82 valence electrons. The summed E-state index contributed by atoms with van der Waals surface area (Å²) < 4.78 is 5.64. The van der Waals surface area contributed by atoms with Crippen molar-refractivity contribution in [3.8, 4) is 11.5 Å². The van der Waals surface area contributed by atoms with Crippen molar-refractivity contribution >= 4 is 17.3 Å². The van der Waals surface area contributed by atoms with Crippen molar-refractivity contribution in [1.29, 1.82) is 0 Å². The van der Waals surface area contributed by atoms with Crippen LogP contribution in [0.4, 0.5) is 0 Å². The van der Waals surface area contributed by atoms with Crippen LogP contribution in [-0.4, -0.2) is 16.3 Å². The highest BCUT2D eigenvalue weighted by atomic mass is 16.3. The van der Waals surface area contributed by atoms with Crippen LogP contribution in [-0.2, 0) is 0 Å². The van der Waals surface area contributed by atoms with Crippen molar-refractivity contribution < 1.29 is 9.21 Å². The minimum atomic E-state index is 0.284. The first-order chi connectivity index (χ1) is 8.38. The third kappa shape index (κ3) is 1.59. The Labute approximate surface area is 96.9 Å². The number of nitrogens with zero attached hydrogens (tertiary/aromatic N) is 2. The summed E-state index contributed by atoms with van der Waals surface area (Å²) in [5.41, 5.74) is 1.52. The van der Waals surface area contributed by atoms with E-state index in [1.807, 2.05) is 30.3 Å². The summed E-state index contributed by atoms with van der Waals surface area (Å²) in [6.07, 6.45) is 3.70. The van der Waals surface area contributed by atoms with Crippen LogP contribution in [0.3, 0.4) is 0 Å². The van der Waals surface area contributed by atoms with Gasteiger partial charge in [-0.15, -0.1) is 0 Å². The largest absolute Gasteiger partial charge is 0.454 e. The van der Waals surface area contributed by atoms with Crippen LogP contribution < -0.4 is 0 Å². The molecular weight excluding hydrogens is 216 g/mol. The fraction of sp³-hybridized carbons (Fsp3) is 0. The molecule has 4 nitrogen and oxygen atoms in total. The van der Waals surface area contributed by atoms with Gasteiger partial charge in [-0.25, -0.2) is 9.97 Å². The van der Waals surface area contributed by atoms with E-state index in [4.69, 9.17) is 4.42 Å². The maximum atomic E-state index is 10.9. The smallest absolute Gasteiger partial charge is 0.170 e. The zero-order valence-corrected chi connectivity index (χ0v) is 8.83. The quantitative estimate of drug-likeness (QED) is 0.628. The third-order valence-electron chi connectivity index (χ3n) is 2.50. The van der Waals surface area contributed by atoms with E-state index in [2.05, 4.69) is 9.97 Å². The van der Waals surface area contributed by atoms with Gasteiger partial charge >= 0.3 is 0 Å². The Morgan fingerprint density at radius 1 is 1.12 bits per heavy atom. The van der Waals surface area contributed by atoms with Crippen molar-refractivity contribution in [2.75, 3.05) is 0 Å². The van der Waals surface area contributed by atoms with Gasteiger partial charge in [-0.1, -0.05) is 18.2 Å². The highest BCUT2D eigenvalue weighted by Gasteiger charge is 2.11. The van der Waals surface area contributed by atoms with E-state index in [9.17, 15) is 4.79 Å². The molecule has 0 radical (unpaired) electrons. The van der Waals surface area contributed by atoms with Crippen LogP contribution in [0.25, 0.3) is 22.4 Å². The molecule has 3 rings (SSSR count). The average Bonchev–Trinajstić information content (AvgIpc) is 2.82. The fourth-order valence-electron chi connectivity index (χ4n) is 1.72. The first-order valence-corrected chi connectivity index (χ1v) is 5.13. The lowest BCUT2D eigenvalue weighted by Crippen LogP contribution is -1.93.